The van der Waals surface area contributed by atoms with E-state index in [0.717, 1.165) is 24.9 Å². The number of hydrogen-bond donors (Lipinski definition) is 1. The molecule has 1 saturated heterocycles. The fourth-order valence-electron chi connectivity index (χ4n) is 3.09. The highest BCUT2D eigenvalue weighted by molar-refractivity contribution is 7.89. The number of oxazole rings is 1. The molecule has 2 aromatic rings. The van der Waals surface area contributed by atoms with Crippen molar-refractivity contribution in [3.63, 3.8) is 0 Å². The van der Waals surface area contributed by atoms with Crippen LogP contribution in [-0.2, 0) is 10.0 Å². The van der Waals surface area contributed by atoms with E-state index in [0.29, 0.717) is 35.5 Å². The lowest BCUT2D eigenvalue weighted by Crippen LogP contribution is -2.40. The van der Waals surface area contributed by atoms with E-state index in [1.165, 1.54) is 0 Å². The summed E-state index contributed by atoms with van der Waals surface area (Å²) in [5, 5.41) is 3.16. The Hall–Kier alpha value is -1.70. The van der Waals surface area contributed by atoms with Crippen LogP contribution < -0.4 is 5.32 Å². The van der Waals surface area contributed by atoms with Gasteiger partial charge in [0.25, 0.3) is 0 Å². The first kappa shape index (κ1) is 17.1. The van der Waals surface area contributed by atoms with E-state index >= 15 is 0 Å². The molecule has 1 N–H and O–H groups in total. The third-order valence-electron chi connectivity index (χ3n) is 4.47. The lowest BCUT2D eigenvalue weighted by atomic mass is 9.98. The molecule has 24 heavy (non-hydrogen) atoms. The first-order valence-corrected chi connectivity index (χ1v) is 9.62. The van der Waals surface area contributed by atoms with Gasteiger partial charge in [0, 0.05) is 25.6 Å². The molecule has 1 fully saturated rings. The maximum atomic E-state index is 12.8. The van der Waals surface area contributed by atoms with Crippen molar-refractivity contribution >= 4 is 10.0 Å². The lowest BCUT2D eigenvalue weighted by Gasteiger charge is -2.31. The number of nitrogens with zero attached hydrogens (tertiary/aromatic N) is 2. The minimum Gasteiger partial charge on any atom is -0.449 e. The number of nitrogens with one attached hydrogen (secondary N) is 1. The van der Waals surface area contributed by atoms with E-state index in [1.807, 2.05) is 7.05 Å². The van der Waals surface area contributed by atoms with Crippen LogP contribution in [-0.4, -0.2) is 44.4 Å². The normalized spacial score (nSPS) is 17.2. The number of sulfonamides is 1. The van der Waals surface area contributed by atoms with Gasteiger partial charge in [-0.05, 0) is 44.5 Å². The summed E-state index contributed by atoms with van der Waals surface area (Å²) in [6.45, 7) is 3.89. The molecule has 0 radical (unpaired) electrons. The summed E-state index contributed by atoms with van der Waals surface area (Å²) in [7, 11) is -1.49. The molecule has 1 aliphatic rings. The first-order chi connectivity index (χ1) is 11.5. The zero-order valence-electron chi connectivity index (χ0n) is 14.0. The third-order valence-corrected chi connectivity index (χ3v) is 6.39. The summed E-state index contributed by atoms with van der Waals surface area (Å²) in [5.74, 6) is 1.14. The second-order valence-electron chi connectivity index (χ2n) is 6.18. The van der Waals surface area contributed by atoms with E-state index in [9.17, 15) is 8.42 Å². The van der Waals surface area contributed by atoms with Crippen LogP contribution in [0.1, 0.15) is 18.7 Å². The highest BCUT2D eigenvalue weighted by atomic mass is 32.2. The van der Waals surface area contributed by atoms with Crippen LogP contribution in [0.4, 0.5) is 0 Å². The van der Waals surface area contributed by atoms with Crippen molar-refractivity contribution in [2.24, 2.45) is 5.92 Å². The Kier molecular flexibility index (Phi) is 5.03. The molecule has 6 nitrogen and oxygen atoms in total. The molecule has 7 heteroatoms. The fraction of sp³-hybridized carbons (Fsp3) is 0.471. The molecule has 0 aliphatic carbocycles. The van der Waals surface area contributed by atoms with Crippen LogP contribution in [0, 0.1) is 12.8 Å². The van der Waals surface area contributed by atoms with Gasteiger partial charge in [0.2, 0.25) is 10.0 Å². The Bertz CT molecular complexity index is 776. The number of hydrogen-bond acceptors (Lipinski definition) is 5. The molecule has 3 rings (SSSR count). The van der Waals surface area contributed by atoms with Crippen LogP contribution in [0.2, 0.25) is 0 Å². The lowest BCUT2D eigenvalue weighted by molar-refractivity contribution is 0.270. The molecule has 0 unspecified atom stereocenters. The fourth-order valence-corrected chi connectivity index (χ4v) is 4.55. The Morgan fingerprint density at radius 2 is 1.92 bits per heavy atom. The largest absolute Gasteiger partial charge is 0.449 e. The summed E-state index contributed by atoms with van der Waals surface area (Å²) >= 11 is 0. The molecule has 2 heterocycles. The molecule has 1 aliphatic heterocycles. The third kappa shape index (κ3) is 3.53. The minimum absolute atomic E-state index is 0.332. The van der Waals surface area contributed by atoms with Gasteiger partial charge >= 0.3 is 0 Å². The van der Waals surface area contributed by atoms with Crippen LogP contribution in [0.5, 0.6) is 0 Å². The molecule has 0 atom stereocenters. The SMILES string of the molecule is CNCC1CCN(S(=O)(=O)c2ccc(-c3coc(C)n3)cc2)CC1. The van der Waals surface area contributed by atoms with Gasteiger partial charge < -0.3 is 9.73 Å². The summed E-state index contributed by atoms with van der Waals surface area (Å²) in [6, 6.07) is 6.85. The molecule has 1 aromatic carbocycles. The molecule has 0 saturated carbocycles. The van der Waals surface area contributed by atoms with Gasteiger partial charge in [0.1, 0.15) is 12.0 Å². The summed E-state index contributed by atoms with van der Waals surface area (Å²) in [4.78, 5) is 4.59. The van der Waals surface area contributed by atoms with Gasteiger partial charge in [-0.2, -0.15) is 4.31 Å². The molecule has 0 amide bonds. The van der Waals surface area contributed by atoms with E-state index in [-0.39, 0.29) is 0 Å². The second-order valence-corrected chi connectivity index (χ2v) is 8.12. The summed E-state index contributed by atoms with van der Waals surface area (Å²) < 4.78 is 32.4. The Morgan fingerprint density at radius 1 is 1.25 bits per heavy atom. The Morgan fingerprint density at radius 3 is 2.46 bits per heavy atom. The topological polar surface area (TPSA) is 75.4 Å². The van der Waals surface area contributed by atoms with Crippen molar-refractivity contribution in [1.82, 2.24) is 14.6 Å². The smallest absolute Gasteiger partial charge is 0.243 e. The maximum Gasteiger partial charge on any atom is 0.243 e. The molecule has 130 valence electrons. The Balaban J connectivity index is 1.73. The van der Waals surface area contributed by atoms with Gasteiger partial charge in [-0.3, -0.25) is 0 Å². The average Bonchev–Trinajstić information content (AvgIpc) is 3.02. The van der Waals surface area contributed by atoms with Crippen LogP contribution in [0.15, 0.2) is 39.8 Å². The quantitative estimate of drug-likeness (QED) is 0.896. The van der Waals surface area contributed by atoms with Crippen molar-refractivity contribution in [2.75, 3.05) is 26.7 Å². The standard InChI is InChI=1S/C17H23N3O3S/c1-13-19-17(12-23-13)15-3-5-16(6-4-15)24(21,22)20-9-7-14(8-10-20)11-18-2/h3-6,12,14,18H,7-11H2,1-2H3. The monoisotopic (exact) mass is 349 g/mol. The summed E-state index contributed by atoms with van der Waals surface area (Å²) in [6.07, 6.45) is 3.37. The van der Waals surface area contributed by atoms with Crippen LogP contribution in [0.3, 0.4) is 0 Å². The number of rotatable bonds is 5. The summed E-state index contributed by atoms with van der Waals surface area (Å²) in [5.41, 5.74) is 1.56. The molecular weight excluding hydrogens is 326 g/mol. The van der Waals surface area contributed by atoms with Crippen molar-refractivity contribution in [1.29, 1.82) is 0 Å². The van der Waals surface area contributed by atoms with Gasteiger partial charge in [-0.15, -0.1) is 0 Å². The maximum absolute atomic E-state index is 12.8. The minimum atomic E-state index is -3.43. The van der Waals surface area contributed by atoms with E-state index < -0.39 is 10.0 Å². The van der Waals surface area contributed by atoms with Gasteiger partial charge in [-0.1, -0.05) is 12.1 Å². The van der Waals surface area contributed by atoms with Crippen molar-refractivity contribution in [3.05, 3.63) is 36.4 Å². The zero-order chi connectivity index (χ0) is 17.2. The van der Waals surface area contributed by atoms with E-state index in [1.54, 1.807) is 41.8 Å². The zero-order valence-corrected chi connectivity index (χ0v) is 14.8. The molecule has 0 bridgehead atoms. The Labute approximate surface area is 142 Å². The van der Waals surface area contributed by atoms with Crippen LogP contribution in [0.25, 0.3) is 11.3 Å². The predicted octanol–water partition coefficient (Wildman–Crippen LogP) is 2.27. The molecule has 1 aromatic heterocycles. The molecule has 0 spiro atoms. The predicted molar refractivity (Wildman–Crippen MR) is 92.1 cm³/mol. The highest BCUT2D eigenvalue weighted by Crippen LogP contribution is 2.25. The second kappa shape index (κ2) is 7.04. The van der Waals surface area contributed by atoms with Gasteiger partial charge in [0.05, 0.1) is 4.90 Å². The van der Waals surface area contributed by atoms with E-state index in [2.05, 4.69) is 10.3 Å². The first-order valence-electron chi connectivity index (χ1n) is 8.18. The van der Waals surface area contributed by atoms with Crippen LogP contribution >= 0.6 is 0 Å². The van der Waals surface area contributed by atoms with E-state index in [4.69, 9.17) is 4.42 Å². The van der Waals surface area contributed by atoms with Crippen molar-refractivity contribution in [3.8, 4) is 11.3 Å². The highest BCUT2D eigenvalue weighted by Gasteiger charge is 2.29. The van der Waals surface area contributed by atoms with Gasteiger partial charge in [-0.25, -0.2) is 13.4 Å². The average molecular weight is 349 g/mol. The van der Waals surface area contributed by atoms with Crippen molar-refractivity contribution in [2.45, 2.75) is 24.7 Å². The molecular formula is C17H23N3O3S. The number of piperidine rings is 1. The number of aryl methyl sites for hydroxylation is 1. The number of aromatic nitrogens is 1. The van der Waals surface area contributed by atoms with Gasteiger partial charge in [0.15, 0.2) is 5.89 Å². The van der Waals surface area contributed by atoms with Crippen molar-refractivity contribution < 1.29 is 12.8 Å². The number of benzene rings is 1.